The molecular formula is C30H49FN2O3. The molecule has 0 bridgehead atoms. The number of hydrogen-bond donors (Lipinski definition) is 3. The summed E-state index contributed by atoms with van der Waals surface area (Å²) in [7, 11) is 1.00. The molecule has 5 nitrogen and oxygen atoms in total. The zero-order valence-electron chi connectivity index (χ0n) is 23.9. The van der Waals surface area contributed by atoms with Gasteiger partial charge in [-0.05, 0) is 90.0 Å². The van der Waals surface area contributed by atoms with Gasteiger partial charge in [0.25, 0.3) is 0 Å². The summed E-state index contributed by atoms with van der Waals surface area (Å²) in [4.78, 5) is 4.33. The standard InChI is InChI=1S/C15H26N2.C14H19FO2.CH4O/c1-6-9-10-11-14(13(5)17-8-3)15(16)12(4)7-2;1-9-4-6-11(8-12(9)15)14(3,16)13-7-5-10(2)17-13;1-2/h8,10-11H,6-7,9,16H2,1-5H3;4,6,8,10,13,16H,5,7H2,1-3H3;2H,1H3/b11-10-,14-13-,15-12-,17-8?;;/t;10?,13?,14-;/m.1./s1. The van der Waals surface area contributed by atoms with E-state index >= 15 is 0 Å². The van der Waals surface area contributed by atoms with Crippen LogP contribution in [0.3, 0.4) is 0 Å². The van der Waals surface area contributed by atoms with Gasteiger partial charge in [0.2, 0.25) is 0 Å². The average molecular weight is 505 g/mol. The zero-order chi connectivity index (χ0) is 27.9. The topological polar surface area (TPSA) is 88.1 Å². The molecule has 2 unspecified atom stereocenters. The lowest BCUT2D eigenvalue weighted by Crippen LogP contribution is -2.36. The molecule has 3 atom stereocenters. The molecule has 1 fully saturated rings. The predicted molar refractivity (Wildman–Crippen MR) is 151 cm³/mol. The maximum Gasteiger partial charge on any atom is 0.126 e. The van der Waals surface area contributed by atoms with Crippen molar-refractivity contribution in [2.45, 2.75) is 105 Å². The Morgan fingerprint density at radius 2 is 1.89 bits per heavy atom. The van der Waals surface area contributed by atoms with Gasteiger partial charge in [-0.1, -0.05) is 44.6 Å². The first-order chi connectivity index (χ1) is 17.0. The van der Waals surface area contributed by atoms with Gasteiger partial charge in [-0.3, -0.25) is 4.99 Å². The third-order valence-corrected chi connectivity index (χ3v) is 6.35. The summed E-state index contributed by atoms with van der Waals surface area (Å²) in [5.74, 6) is -0.283. The molecule has 0 spiro atoms. The number of nitrogens with zero attached hydrogens (tertiary/aromatic N) is 1. The quantitative estimate of drug-likeness (QED) is 0.266. The van der Waals surface area contributed by atoms with Gasteiger partial charge in [-0.2, -0.15) is 0 Å². The van der Waals surface area contributed by atoms with Crippen molar-refractivity contribution >= 4 is 6.21 Å². The van der Waals surface area contributed by atoms with Crippen LogP contribution in [0.1, 0.15) is 91.7 Å². The van der Waals surface area contributed by atoms with Crippen molar-refractivity contribution in [3.05, 3.63) is 69.8 Å². The van der Waals surface area contributed by atoms with Crippen molar-refractivity contribution in [1.82, 2.24) is 0 Å². The molecule has 0 aliphatic carbocycles. The molecule has 0 amide bonds. The highest BCUT2D eigenvalue weighted by Gasteiger charge is 2.39. The second kappa shape index (κ2) is 17.2. The van der Waals surface area contributed by atoms with Gasteiger partial charge in [0.1, 0.15) is 11.4 Å². The van der Waals surface area contributed by atoms with Crippen LogP contribution in [0.25, 0.3) is 0 Å². The number of aliphatic imine (C=N–C) groups is 1. The molecule has 36 heavy (non-hydrogen) atoms. The Morgan fingerprint density at radius 1 is 1.25 bits per heavy atom. The molecule has 1 aromatic carbocycles. The van der Waals surface area contributed by atoms with Crippen LogP contribution in [0.15, 0.2) is 57.9 Å². The molecule has 1 aromatic rings. The Morgan fingerprint density at radius 3 is 2.36 bits per heavy atom. The first-order valence-electron chi connectivity index (χ1n) is 12.9. The second-order valence-corrected chi connectivity index (χ2v) is 9.25. The highest BCUT2D eigenvalue weighted by atomic mass is 19.1. The molecule has 0 aromatic heterocycles. The van der Waals surface area contributed by atoms with E-state index in [-0.39, 0.29) is 18.0 Å². The third-order valence-electron chi connectivity index (χ3n) is 6.35. The number of nitrogens with two attached hydrogens (primary N) is 1. The first kappa shape index (κ1) is 33.7. The van der Waals surface area contributed by atoms with E-state index in [1.807, 2.05) is 20.8 Å². The van der Waals surface area contributed by atoms with E-state index in [1.165, 1.54) is 11.6 Å². The number of hydrogen-bond acceptors (Lipinski definition) is 5. The molecular weight excluding hydrogens is 455 g/mol. The van der Waals surface area contributed by atoms with Gasteiger partial charge in [0, 0.05) is 30.3 Å². The lowest BCUT2D eigenvalue weighted by molar-refractivity contribution is -0.0944. The predicted octanol–water partition coefficient (Wildman–Crippen LogP) is 6.87. The van der Waals surface area contributed by atoms with Gasteiger partial charge < -0.3 is 20.7 Å². The van der Waals surface area contributed by atoms with Crippen molar-refractivity contribution in [2.24, 2.45) is 10.7 Å². The second-order valence-electron chi connectivity index (χ2n) is 9.25. The first-order valence-corrected chi connectivity index (χ1v) is 12.9. The Hall–Kier alpha value is -2.28. The highest BCUT2D eigenvalue weighted by molar-refractivity contribution is 5.57. The monoisotopic (exact) mass is 504 g/mol. The highest BCUT2D eigenvalue weighted by Crippen LogP contribution is 2.35. The van der Waals surface area contributed by atoms with Gasteiger partial charge >= 0.3 is 0 Å². The van der Waals surface area contributed by atoms with Crippen molar-refractivity contribution in [2.75, 3.05) is 7.11 Å². The summed E-state index contributed by atoms with van der Waals surface area (Å²) < 4.78 is 19.2. The summed E-state index contributed by atoms with van der Waals surface area (Å²) in [6.45, 7) is 15.7. The summed E-state index contributed by atoms with van der Waals surface area (Å²) in [6, 6.07) is 4.87. The van der Waals surface area contributed by atoms with Crippen LogP contribution in [0.4, 0.5) is 4.39 Å². The van der Waals surface area contributed by atoms with Crippen molar-refractivity contribution in [3.63, 3.8) is 0 Å². The minimum absolute atomic E-state index is 0.168. The van der Waals surface area contributed by atoms with E-state index in [9.17, 15) is 9.50 Å². The average Bonchev–Trinajstić information content (AvgIpc) is 3.31. The number of aryl methyl sites for hydroxylation is 1. The minimum Gasteiger partial charge on any atom is -0.400 e. The molecule has 2 rings (SSSR count). The molecule has 0 saturated carbocycles. The molecule has 0 radical (unpaired) electrons. The van der Waals surface area contributed by atoms with Gasteiger partial charge in [0.05, 0.1) is 12.2 Å². The fourth-order valence-corrected chi connectivity index (χ4v) is 3.77. The summed E-state index contributed by atoms with van der Waals surface area (Å²) in [5.41, 5.74) is 10.3. The number of halogens is 1. The molecule has 1 heterocycles. The molecule has 6 heteroatoms. The number of rotatable bonds is 8. The van der Waals surface area contributed by atoms with Crippen LogP contribution in [-0.2, 0) is 10.3 Å². The van der Waals surface area contributed by atoms with Gasteiger partial charge in [-0.15, -0.1) is 0 Å². The lowest BCUT2D eigenvalue weighted by Gasteiger charge is -2.30. The zero-order valence-corrected chi connectivity index (χ0v) is 23.9. The van der Waals surface area contributed by atoms with E-state index in [2.05, 4.69) is 37.9 Å². The summed E-state index contributed by atoms with van der Waals surface area (Å²) in [6.07, 6.45) is 10.9. The largest absolute Gasteiger partial charge is 0.400 e. The molecule has 1 saturated heterocycles. The molecule has 204 valence electrons. The van der Waals surface area contributed by atoms with Crippen LogP contribution in [0, 0.1) is 12.7 Å². The van der Waals surface area contributed by atoms with Gasteiger partial charge in [-0.25, -0.2) is 4.39 Å². The van der Waals surface area contributed by atoms with Crippen LogP contribution in [-0.4, -0.2) is 35.7 Å². The van der Waals surface area contributed by atoms with Crippen LogP contribution < -0.4 is 5.73 Å². The van der Waals surface area contributed by atoms with Crippen LogP contribution in [0.5, 0.6) is 0 Å². The van der Waals surface area contributed by atoms with Crippen molar-refractivity contribution in [1.29, 1.82) is 0 Å². The summed E-state index contributed by atoms with van der Waals surface area (Å²) in [5, 5.41) is 17.5. The van der Waals surface area contributed by atoms with E-state index < -0.39 is 5.60 Å². The summed E-state index contributed by atoms with van der Waals surface area (Å²) >= 11 is 0. The Balaban J connectivity index is 0.000000637. The third kappa shape index (κ3) is 10.4. The smallest absolute Gasteiger partial charge is 0.126 e. The van der Waals surface area contributed by atoms with E-state index in [4.69, 9.17) is 15.6 Å². The number of ether oxygens (including phenoxy) is 1. The molecule has 1 aliphatic rings. The normalized spacial score (nSPS) is 20.7. The maximum absolute atomic E-state index is 13.5. The SMILES string of the molecule is CC=N/C(C)=C(/C=C\CCC)C(\N)=C(/C)CC.CO.Cc1ccc([C@@](C)(O)C2CCC(C)O2)cc1F. The molecule has 1 aliphatic heterocycles. The van der Waals surface area contributed by atoms with E-state index in [0.29, 0.717) is 11.1 Å². The van der Waals surface area contributed by atoms with Gasteiger partial charge in [0.15, 0.2) is 0 Å². The minimum atomic E-state index is -1.13. The number of unbranched alkanes of at least 4 members (excludes halogenated alkanes) is 1. The Labute approximate surface area is 218 Å². The number of aliphatic hydroxyl groups is 2. The maximum atomic E-state index is 13.5. The Kier molecular flexibility index (Phi) is 16.1. The van der Waals surface area contributed by atoms with E-state index in [0.717, 1.165) is 56.2 Å². The lowest BCUT2D eigenvalue weighted by atomic mass is 9.88. The fraction of sp³-hybridized carbons (Fsp3) is 0.567. The molecule has 4 N–H and O–H groups in total. The number of allylic oxidation sites excluding steroid dienone is 4. The fourth-order valence-electron chi connectivity index (χ4n) is 3.77. The van der Waals surface area contributed by atoms with Crippen molar-refractivity contribution < 1.29 is 19.3 Å². The number of benzene rings is 1. The van der Waals surface area contributed by atoms with Crippen LogP contribution >= 0.6 is 0 Å². The number of aliphatic hydroxyl groups excluding tert-OH is 1. The van der Waals surface area contributed by atoms with Crippen LogP contribution in [0.2, 0.25) is 0 Å². The Bertz CT molecular complexity index is 917. The van der Waals surface area contributed by atoms with Crippen molar-refractivity contribution in [3.8, 4) is 0 Å². The van der Waals surface area contributed by atoms with E-state index in [1.54, 1.807) is 32.2 Å².